The van der Waals surface area contributed by atoms with Crippen LogP contribution in [0.3, 0.4) is 0 Å². The van der Waals surface area contributed by atoms with Gasteiger partial charge < -0.3 is 25.0 Å². The first-order valence-electron chi connectivity index (χ1n) is 13.4. The van der Waals surface area contributed by atoms with Crippen molar-refractivity contribution < 1.29 is 24.5 Å². The molecule has 0 radical (unpaired) electrons. The summed E-state index contributed by atoms with van der Waals surface area (Å²) in [6.45, 7) is 5.89. The van der Waals surface area contributed by atoms with Gasteiger partial charge in [0.2, 0.25) is 5.91 Å². The number of carbonyl (C=O) groups excluding carboxylic acids is 1. The van der Waals surface area contributed by atoms with Crippen LogP contribution in [0.1, 0.15) is 45.6 Å². The maximum Gasteiger partial charge on any atom is 0.239 e. The van der Waals surface area contributed by atoms with Crippen LogP contribution in [0.15, 0.2) is 77.2 Å². The third-order valence-corrected chi connectivity index (χ3v) is 9.60. The van der Waals surface area contributed by atoms with Gasteiger partial charge in [-0.3, -0.25) is 4.79 Å². The Hall–Kier alpha value is -2.07. The van der Waals surface area contributed by atoms with Crippen molar-refractivity contribution >= 4 is 34.9 Å². The molecule has 1 saturated heterocycles. The number of rotatable bonds is 10. The minimum atomic E-state index is -1.63. The number of carbonyl (C=O) groups is 1. The monoisotopic (exact) mass is 569 g/mol. The zero-order valence-electron chi connectivity index (χ0n) is 23.1. The molecule has 0 bridgehead atoms. The van der Waals surface area contributed by atoms with E-state index in [4.69, 9.17) is 21.7 Å². The van der Waals surface area contributed by atoms with Gasteiger partial charge in [0.1, 0.15) is 17.1 Å². The molecule has 6 unspecified atom stereocenters. The first-order valence-corrected chi connectivity index (χ1v) is 14.8. The topological polar surface area (TPSA) is 91.3 Å². The average molecular weight is 570 g/mol. The largest absolute Gasteiger partial charge is 0.390 e. The van der Waals surface area contributed by atoms with Gasteiger partial charge in [-0.1, -0.05) is 72.4 Å². The van der Waals surface area contributed by atoms with E-state index in [-0.39, 0.29) is 18.3 Å². The second-order valence-corrected chi connectivity index (χ2v) is 12.5. The van der Waals surface area contributed by atoms with E-state index in [1.54, 1.807) is 0 Å². The summed E-state index contributed by atoms with van der Waals surface area (Å²) >= 11 is 7.11. The van der Waals surface area contributed by atoms with Gasteiger partial charge >= 0.3 is 0 Å². The van der Waals surface area contributed by atoms with Crippen molar-refractivity contribution in [1.82, 2.24) is 5.32 Å². The quantitative estimate of drug-likeness (QED) is 0.163. The van der Waals surface area contributed by atoms with E-state index in [0.29, 0.717) is 24.3 Å². The summed E-state index contributed by atoms with van der Waals surface area (Å²) in [6.07, 6.45) is 1.22. The summed E-state index contributed by atoms with van der Waals surface area (Å²) < 4.78 is 12.2. The summed E-state index contributed by atoms with van der Waals surface area (Å²) in [5, 5.41) is 26.8. The van der Waals surface area contributed by atoms with Crippen molar-refractivity contribution in [2.45, 2.75) is 80.9 Å². The predicted octanol–water partition coefficient (Wildman–Crippen LogP) is 4.87. The molecule has 2 aromatic rings. The third-order valence-electron chi connectivity index (χ3n) is 8.12. The lowest BCUT2D eigenvalue weighted by atomic mass is 9.53. The van der Waals surface area contributed by atoms with Crippen molar-refractivity contribution in [2.75, 3.05) is 12.9 Å². The number of amides is 1. The summed E-state index contributed by atoms with van der Waals surface area (Å²) in [5.41, 5.74) is -2.19. The minimum absolute atomic E-state index is 0.209. The molecule has 6 nitrogen and oxygen atoms in total. The molecular formula is C31H39NO5S2. The molecule has 210 valence electrons. The third kappa shape index (κ3) is 5.87. The van der Waals surface area contributed by atoms with Gasteiger partial charge in [0.25, 0.3) is 0 Å². The minimum Gasteiger partial charge on any atom is -0.390 e. The van der Waals surface area contributed by atoms with Crippen LogP contribution in [0.2, 0.25) is 0 Å². The summed E-state index contributed by atoms with van der Waals surface area (Å²) in [4.78, 5) is 15.9. The van der Waals surface area contributed by atoms with Gasteiger partial charge in [0.15, 0.2) is 0 Å². The lowest BCUT2D eigenvalue weighted by Gasteiger charge is -2.56. The summed E-state index contributed by atoms with van der Waals surface area (Å²) in [6, 6.07) is 19.4. The van der Waals surface area contributed by atoms with Crippen LogP contribution < -0.4 is 5.32 Å². The fourth-order valence-electron chi connectivity index (χ4n) is 6.11. The van der Waals surface area contributed by atoms with Crippen LogP contribution in [-0.4, -0.2) is 63.5 Å². The van der Waals surface area contributed by atoms with E-state index in [1.165, 1.54) is 18.9 Å². The summed E-state index contributed by atoms with van der Waals surface area (Å²) in [7, 11) is 1.48. The Morgan fingerprint density at radius 1 is 1.18 bits per heavy atom. The lowest BCUT2D eigenvalue weighted by molar-refractivity contribution is -0.227. The van der Waals surface area contributed by atoms with E-state index >= 15 is 0 Å². The zero-order chi connectivity index (χ0) is 28.3. The predicted molar refractivity (Wildman–Crippen MR) is 159 cm³/mol. The molecule has 1 heterocycles. The molecule has 0 spiro atoms. The Labute approximate surface area is 241 Å². The number of methoxy groups -OCH3 is 1. The van der Waals surface area contributed by atoms with Gasteiger partial charge in [0, 0.05) is 24.2 Å². The smallest absolute Gasteiger partial charge is 0.239 e. The first kappa shape index (κ1) is 29.9. The van der Waals surface area contributed by atoms with Crippen LogP contribution in [0.25, 0.3) is 0 Å². The van der Waals surface area contributed by atoms with Crippen LogP contribution in [-0.2, 0) is 20.7 Å². The first-order chi connectivity index (χ1) is 18.6. The van der Waals surface area contributed by atoms with E-state index in [0.717, 1.165) is 16.0 Å². The van der Waals surface area contributed by atoms with Crippen LogP contribution in [0.5, 0.6) is 0 Å². The van der Waals surface area contributed by atoms with Crippen LogP contribution in [0, 0.1) is 5.41 Å². The number of aliphatic hydroxyl groups is 2. The molecule has 6 atom stereocenters. The van der Waals surface area contributed by atoms with Gasteiger partial charge in [-0.15, -0.1) is 11.8 Å². The fourth-order valence-corrected chi connectivity index (χ4v) is 7.50. The maximum absolute atomic E-state index is 14.6. The number of allylic oxidation sites excluding steroid dienone is 1. The number of hydrogen-bond donors (Lipinski definition) is 3. The van der Waals surface area contributed by atoms with Crippen molar-refractivity contribution in [3.05, 3.63) is 77.9 Å². The number of benzene rings is 2. The van der Waals surface area contributed by atoms with Crippen molar-refractivity contribution in [3.63, 3.8) is 0 Å². The Morgan fingerprint density at radius 3 is 2.44 bits per heavy atom. The Morgan fingerprint density at radius 2 is 1.82 bits per heavy atom. The molecule has 8 heteroatoms. The summed E-state index contributed by atoms with van der Waals surface area (Å²) in [5.74, 6) is -0.260. The highest BCUT2D eigenvalue weighted by atomic mass is 32.2. The fraction of sp³-hybridized carbons (Fsp3) is 0.484. The van der Waals surface area contributed by atoms with Gasteiger partial charge in [-0.2, -0.15) is 0 Å². The molecule has 0 aromatic heterocycles. The number of aliphatic hydroxyl groups excluding tert-OH is 1. The highest BCUT2D eigenvalue weighted by Gasteiger charge is 2.80. The molecule has 1 saturated carbocycles. The number of nitrogens with one attached hydrogen (secondary N) is 1. The number of hydrogen-bond acceptors (Lipinski definition) is 7. The molecule has 2 aromatic carbocycles. The average Bonchev–Trinajstić information content (AvgIpc) is 3.59. The maximum atomic E-state index is 14.6. The van der Waals surface area contributed by atoms with E-state index < -0.39 is 34.7 Å². The SMILES string of the molecule is COC1C(O)CCC(O)(CSc2ccccc2)C1(C(=O)NC(=S)Cc1ccccc1)C1(C)OC1CC=C(C)C. The Bertz CT molecular complexity index is 1190. The Balaban J connectivity index is 1.76. The van der Waals surface area contributed by atoms with Crippen molar-refractivity contribution in [1.29, 1.82) is 0 Å². The second-order valence-electron chi connectivity index (χ2n) is 11.0. The molecule has 1 aliphatic carbocycles. The molecule has 2 aliphatic rings. The second kappa shape index (κ2) is 12.2. The van der Waals surface area contributed by atoms with Crippen molar-refractivity contribution in [3.8, 4) is 0 Å². The van der Waals surface area contributed by atoms with Crippen LogP contribution in [0.4, 0.5) is 0 Å². The molecule has 2 fully saturated rings. The Kier molecular flexibility index (Phi) is 9.36. The molecule has 39 heavy (non-hydrogen) atoms. The van der Waals surface area contributed by atoms with Gasteiger partial charge in [0.05, 0.1) is 22.8 Å². The standard InChI is InChI=1S/C31H39NO5S2/c1-21(2)15-16-25-29(3,37-25)31(28(34)32-26(38)19-22-11-7-5-8-12-22)27(36-4)24(33)17-18-30(31,35)20-39-23-13-9-6-10-14-23/h5-15,24-25,27,33,35H,16-20H2,1-4H3,(H,32,34,38). The number of epoxide rings is 1. The van der Waals surface area contributed by atoms with Crippen LogP contribution >= 0.6 is 24.0 Å². The zero-order valence-corrected chi connectivity index (χ0v) is 24.7. The molecular weight excluding hydrogens is 530 g/mol. The molecule has 1 aliphatic heterocycles. The van der Waals surface area contributed by atoms with Gasteiger partial charge in [-0.05, 0) is 57.7 Å². The van der Waals surface area contributed by atoms with Crippen molar-refractivity contribution in [2.24, 2.45) is 5.41 Å². The van der Waals surface area contributed by atoms with Gasteiger partial charge in [-0.25, -0.2) is 0 Å². The molecule has 3 N–H and O–H groups in total. The van der Waals surface area contributed by atoms with E-state index in [2.05, 4.69) is 11.4 Å². The number of ether oxygens (including phenoxy) is 2. The molecule has 4 rings (SSSR count). The highest BCUT2D eigenvalue weighted by molar-refractivity contribution is 7.99. The lowest BCUT2D eigenvalue weighted by Crippen LogP contribution is -2.75. The highest BCUT2D eigenvalue weighted by Crippen LogP contribution is 2.63. The normalized spacial score (nSPS) is 31.8. The number of thioether (sulfide) groups is 1. The number of thiocarbonyl (C=S) groups is 1. The van der Waals surface area contributed by atoms with E-state index in [9.17, 15) is 15.0 Å². The van der Waals surface area contributed by atoms with E-state index in [1.807, 2.05) is 81.4 Å². The molecule has 1 amide bonds.